The molecule has 3 nitrogen and oxygen atoms in total. The van der Waals surface area contributed by atoms with E-state index >= 15 is 0 Å². The van der Waals surface area contributed by atoms with Gasteiger partial charge in [0.1, 0.15) is 6.29 Å². The molecule has 0 spiro atoms. The molecule has 1 unspecified atom stereocenters. The zero-order chi connectivity index (χ0) is 19.7. The van der Waals surface area contributed by atoms with E-state index < -0.39 is 8.32 Å². The molecule has 3 heterocycles. The summed E-state index contributed by atoms with van der Waals surface area (Å²) < 4.78 is 6.51. The number of carbonyl (C=O) groups is 1. The number of benzene rings is 1. The molecule has 146 valence electrons. The van der Waals surface area contributed by atoms with E-state index in [0.29, 0.717) is 23.4 Å². The van der Waals surface area contributed by atoms with Crippen molar-refractivity contribution >= 4 is 14.6 Å². The van der Waals surface area contributed by atoms with Gasteiger partial charge in [0.05, 0.1) is 0 Å². The molecule has 3 aliphatic rings. The van der Waals surface area contributed by atoms with E-state index in [4.69, 9.17) is 4.43 Å². The standard InChI is InChI=1S/C23H33NO2Si/c1-23(2,3)27(4,5)26-17-22-14-20-12-13-24(22)15-21(20)11-10-18-6-8-19(16-25)9-7-18/h6-9,16,20-22H,12-15,17H2,1-5H3/t20-,21-,22+/m0/s1. The van der Waals surface area contributed by atoms with Crippen LogP contribution in [-0.4, -0.2) is 45.2 Å². The van der Waals surface area contributed by atoms with Crippen molar-refractivity contribution in [2.45, 2.75) is 57.8 Å². The van der Waals surface area contributed by atoms with Crippen LogP contribution in [0.25, 0.3) is 0 Å². The second-order valence-electron chi connectivity index (χ2n) is 9.62. The van der Waals surface area contributed by atoms with Crippen LogP contribution < -0.4 is 0 Å². The summed E-state index contributed by atoms with van der Waals surface area (Å²) in [6.45, 7) is 14.7. The summed E-state index contributed by atoms with van der Waals surface area (Å²) in [4.78, 5) is 13.4. The van der Waals surface area contributed by atoms with Crippen molar-refractivity contribution in [2.24, 2.45) is 11.8 Å². The topological polar surface area (TPSA) is 29.5 Å². The van der Waals surface area contributed by atoms with Crippen LogP contribution in [0.1, 0.15) is 49.5 Å². The van der Waals surface area contributed by atoms with Crippen LogP contribution in [0.2, 0.25) is 18.1 Å². The van der Waals surface area contributed by atoms with Gasteiger partial charge in [0.25, 0.3) is 0 Å². The van der Waals surface area contributed by atoms with Crippen LogP contribution >= 0.6 is 0 Å². The normalized spacial score (nSPS) is 27.7. The Bertz CT molecular complexity index is 723. The van der Waals surface area contributed by atoms with Crippen LogP contribution in [0, 0.1) is 23.7 Å². The zero-order valence-electron chi connectivity index (χ0n) is 17.4. The van der Waals surface area contributed by atoms with Crippen molar-refractivity contribution in [1.82, 2.24) is 4.90 Å². The van der Waals surface area contributed by atoms with Gasteiger partial charge >= 0.3 is 0 Å². The zero-order valence-corrected chi connectivity index (χ0v) is 18.4. The Morgan fingerprint density at radius 3 is 2.52 bits per heavy atom. The molecule has 4 rings (SSSR count). The van der Waals surface area contributed by atoms with E-state index in [1.165, 1.54) is 19.4 Å². The summed E-state index contributed by atoms with van der Waals surface area (Å²) in [7, 11) is -1.68. The van der Waals surface area contributed by atoms with Crippen molar-refractivity contribution in [3.05, 3.63) is 35.4 Å². The molecule has 0 radical (unpaired) electrons. The highest BCUT2D eigenvalue weighted by atomic mass is 28.4. The first-order chi connectivity index (χ1) is 12.7. The van der Waals surface area contributed by atoms with Gasteiger partial charge in [-0.05, 0) is 55.6 Å². The number of hydrogen-bond donors (Lipinski definition) is 0. The van der Waals surface area contributed by atoms with Gasteiger partial charge < -0.3 is 4.43 Å². The van der Waals surface area contributed by atoms with E-state index in [-0.39, 0.29) is 5.04 Å². The lowest BCUT2D eigenvalue weighted by atomic mass is 9.76. The van der Waals surface area contributed by atoms with Crippen molar-refractivity contribution in [3.63, 3.8) is 0 Å². The SMILES string of the molecule is CC(C)(C)[Si](C)(C)OC[C@H]1C[C@@H]2CCN1C[C@@H]2C#Cc1ccc(C=O)cc1. The third kappa shape index (κ3) is 4.71. The van der Waals surface area contributed by atoms with Gasteiger partial charge in [0, 0.05) is 36.2 Å². The van der Waals surface area contributed by atoms with Crippen LogP contribution in [0.3, 0.4) is 0 Å². The summed E-state index contributed by atoms with van der Waals surface area (Å²) in [6, 6.07) is 8.11. The third-order valence-corrected chi connectivity index (χ3v) is 11.3. The quantitative estimate of drug-likeness (QED) is 0.433. The van der Waals surface area contributed by atoms with Gasteiger partial charge in [-0.1, -0.05) is 44.7 Å². The molecule has 0 saturated carbocycles. The molecule has 1 aromatic carbocycles. The predicted octanol–water partition coefficient (Wildman–Crippen LogP) is 4.58. The molecule has 3 aliphatic heterocycles. The van der Waals surface area contributed by atoms with Gasteiger partial charge in [-0.2, -0.15) is 0 Å². The minimum atomic E-state index is -1.68. The van der Waals surface area contributed by atoms with Crippen LogP contribution in [0.15, 0.2) is 24.3 Å². The molecular weight excluding hydrogens is 350 g/mol. The van der Waals surface area contributed by atoms with E-state index in [0.717, 1.165) is 25.0 Å². The highest BCUT2D eigenvalue weighted by Gasteiger charge is 2.42. The molecule has 4 heteroatoms. The lowest BCUT2D eigenvalue weighted by Crippen LogP contribution is -2.56. The maximum atomic E-state index is 10.8. The number of rotatable bonds is 4. The van der Waals surface area contributed by atoms with E-state index in [2.05, 4.69) is 50.6 Å². The molecule has 0 N–H and O–H groups in total. The van der Waals surface area contributed by atoms with Gasteiger partial charge in [0.15, 0.2) is 8.32 Å². The van der Waals surface area contributed by atoms with Crippen molar-refractivity contribution in [2.75, 3.05) is 19.7 Å². The summed E-state index contributed by atoms with van der Waals surface area (Å²) in [6.07, 6.45) is 3.33. The number of fused-ring (bicyclic) bond motifs is 3. The Morgan fingerprint density at radius 1 is 1.26 bits per heavy atom. The Morgan fingerprint density at radius 2 is 1.96 bits per heavy atom. The summed E-state index contributed by atoms with van der Waals surface area (Å²) in [5.74, 6) is 7.97. The van der Waals surface area contributed by atoms with Crippen LogP contribution in [0.5, 0.6) is 0 Å². The first-order valence-electron chi connectivity index (χ1n) is 10.1. The second kappa shape index (κ2) is 7.91. The third-order valence-electron chi connectivity index (χ3n) is 6.77. The Hall–Kier alpha value is -1.41. The van der Waals surface area contributed by atoms with Gasteiger partial charge in [-0.25, -0.2) is 0 Å². The molecule has 0 aromatic heterocycles. The van der Waals surface area contributed by atoms with Crippen LogP contribution in [-0.2, 0) is 4.43 Å². The predicted molar refractivity (Wildman–Crippen MR) is 113 cm³/mol. The Labute approximate surface area is 165 Å². The molecule has 0 aliphatic carbocycles. The van der Waals surface area contributed by atoms with Gasteiger partial charge in [0.2, 0.25) is 0 Å². The van der Waals surface area contributed by atoms with Crippen LogP contribution in [0.4, 0.5) is 0 Å². The molecule has 0 amide bonds. The van der Waals surface area contributed by atoms with E-state index in [1.807, 2.05) is 24.3 Å². The van der Waals surface area contributed by atoms with Crippen molar-refractivity contribution in [1.29, 1.82) is 0 Å². The monoisotopic (exact) mass is 383 g/mol. The summed E-state index contributed by atoms with van der Waals surface area (Å²) >= 11 is 0. The number of nitrogens with zero attached hydrogens (tertiary/aromatic N) is 1. The Balaban J connectivity index is 1.59. The first kappa shape index (κ1) is 20.3. The highest BCUT2D eigenvalue weighted by Crippen LogP contribution is 2.39. The fourth-order valence-corrected chi connectivity index (χ4v) is 4.86. The minimum absolute atomic E-state index is 0.267. The average molecular weight is 384 g/mol. The van der Waals surface area contributed by atoms with Gasteiger partial charge in [-0.3, -0.25) is 9.69 Å². The first-order valence-corrected chi connectivity index (χ1v) is 13.1. The van der Waals surface area contributed by atoms with E-state index in [9.17, 15) is 4.79 Å². The van der Waals surface area contributed by atoms with Crippen molar-refractivity contribution in [3.8, 4) is 11.8 Å². The average Bonchev–Trinajstić information content (AvgIpc) is 2.65. The summed E-state index contributed by atoms with van der Waals surface area (Å²) in [5, 5.41) is 0.267. The fraction of sp³-hybridized carbons (Fsp3) is 0.609. The number of hydrogen-bond acceptors (Lipinski definition) is 3. The maximum Gasteiger partial charge on any atom is 0.192 e. The molecular formula is C23H33NO2Si. The maximum absolute atomic E-state index is 10.8. The number of piperidine rings is 3. The molecule has 3 saturated heterocycles. The smallest absolute Gasteiger partial charge is 0.192 e. The highest BCUT2D eigenvalue weighted by molar-refractivity contribution is 6.74. The fourth-order valence-electron chi connectivity index (χ4n) is 3.82. The molecule has 2 bridgehead atoms. The summed E-state index contributed by atoms with van der Waals surface area (Å²) in [5.41, 5.74) is 1.70. The molecule has 3 fully saturated rings. The Kier molecular flexibility index (Phi) is 5.95. The lowest BCUT2D eigenvalue weighted by Gasteiger charge is -2.49. The molecule has 1 aromatic rings. The van der Waals surface area contributed by atoms with E-state index in [1.54, 1.807) is 0 Å². The van der Waals surface area contributed by atoms with Crippen molar-refractivity contribution < 1.29 is 9.22 Å². The molecule has 4 atom stereocenters. The second-order valence-corrected chi connectivity index (χ2v) is 14.4. The lowest BCUT2D eigenvalue weighted by molar-refractivity contribution is -0.00120. The largest absolute Gasteiger partial charge is 0.415 e. The minimum Gasteiger partial charge on any atom is -0.415 e. The number of aldehydes is 1. The van der Waals surface area contributed by atoms with Gasteiger partial charge in [-0.15, -0.1) is 0 Å². The molecule has 27 heavy (non-hydrogen) atoms. The number of carbonyl (C=O) groups excluding carboxylic acids is 1.